The number of nitrogens with zero attached hydrogens (tertiary/aromatic N) is 3. The Balaban J connectivity index is 0.00000261. The minimum atomic E-state index is 0. The normalized spacial score (nSPS) is 14.3. The second kappa shape index (κ2) is 11.4. The van der Waals surface area contributed by atoms with E-state index in [-0.39, 0.29) is 36.4 Å². The van der Waals surface area contributed by atoms with E-state index in [1.807, 2.05) is 17.9 Å². The van der Waals surface area contributed by atoms with Crippen LogP contribution in [0.3, 0.4) is 0 Å². The van der Waals surface area contributed by atoms with E-state index < -0.39 is 0 Å². The summed E-state index contributed by atoms with van der Waals surface area (Å²) >= 11 is 1.76. The van der Waals surface area contributed by atoms with Crippen LogP contribution in [0.15, 0.2) is 29.3 Å². The van der Waals surface area contributed by atoms with Crippen LogP contribution in [0.5, 0.6) is 0 Å². The summed E-state index contributed by atoms with van der Waals surface area (Å²) in [4.78, 5) is 23.1. The van der Waals surface area contributed by atoms with Crippen molar-refractivity contribution in [1.82, 2.24) is 20.5 Å². The fourth-order valence-corrected chi connectivity index (χ4v) is 4.04. The monoisotopic (exact) mass is 501 g/mol. The molecule has 1 aromatic heterocycles. The Labute approximate surface area is 181 Å². The maximum atomic E-state index is 12.1. The number of aryl methyl sites for hydroxylation is 1. The molecule has 2 aromatic rings. The van der Waals surface area contributed by atoms with Crippen LogP contribution in [0.4, 0.5) is 0 Å². The van der Waals surface area contributed by atoms with Gasteiger partial charge < -0.3 is 15.5 Å². The highest BCUT2D eigenvalue weighted by molar-refractivity contribution is 14.0. The van der Waals surface area contributed by atoms with Crippen molar-refractivity contribution >= 4 is 57.4 Å². The lowest BCUT2D eigenvalue weighted by atomic mass is 10.3. The third-order valence-corrected chi connectivity index (χ3v) is 5.47. The summed E-state index contributed by atoms with van der Waals surface area (Å²) in [6.45, 7) is 5.58. The summed E-state index contributed by atoms with van der Waals surface area (Å²) in [6.07, 6.45) is 4.14. The van der Waals surface area contributed by atoms with Crippen LogP contribution in [0, 0.1) is 0 Å². The molecule has 1 amide bonds. The molecule has 1 fully saturated rings. The molecule has 1 aromatic carbocycles. The van der Waals surface area contributed by atoms with Crippen molar-refractivity contribution in [2.45, 2.75) is 32.6 Å². The number of fused-ring (bicyclic) bond motifs is 1. The highest BCUT2D eigenvalue weighted by Gasteiger charge is 2.17. The standard InChI is InChI=1S/C19H27N5OS.HI/c1-2-20-19(22-14-18(25)24-12-5-6-13-24)21-11-7-10-17-23-15-8-3-4-9-16(15)26-17;/h3-4,8-9H,2,5-7,10-14H2,1H3,(H2,20,21,22);1H. The van der Waals surface area contributed by atoms with Crippen molar-refractivity contribution in [2.24, 2.45) is 4.99 Å². The van der Waals surface area contributed by atoms with E-state index in [1.54, 1.807) is 11.3 Å². The first-order chi connectivity index (χ1) is 12.8. The van der Waals surface area contributed by atoms with Crippen molar-refractivity contribution in [3.63, 3.8) is 0 Å². The number of guanidine groups is 1. The smallest absolute Gasteiger partial charge is 0.244 e. The Morgan fingerprint density at radius 3 is 2.78 bits per heavy atom. The van der Waals surface area contributed by atoms with Crippen molar-refractivity contribution in [3.8, 4) is 0 Å². The molecule has 8 heteroatoms. The van der Waals surface area contributed by atoms with Gasteiger partial charge in [0.2, 0.25) is 5.91 Å². The summed E-state index contributed by atoms with van der Waals surface area (Å²) < 4.78 is 1.24. The predicted molar refractivity (Wildman–Crippen MR) is 123 cm³/mol. The molecule has 1 saturated heterocycles. The van der Waals surface area contributed by atoms with Gasteiger partial charge in [-0.15, -0.1) is 35.3 Å². The Kier molecular flexibility index (Phi) is 9.26. The number of para-hydroxylation sites is 1. The topological polar surface area (TPSA) is 69.6 Å². The summed E-state index contributed by atoms with van der Waals surface area (Å²) in [5.74, 6) is 0.832. The summed E-state index contributed by atoms with van der Waals surface area (Å²) in [5.41, 5.74) is 1.08. The number of benzene rings is 1. The first-order valence-corrected chi connectivity index (χ1v) is 10.2. The van der Waals surface area contributed by atoms with E-state index in [4.69, 9.17) is 0 Å². The van der Waals surface area contributed by atoms with Gasteiger partial charge in [-0.2, -0.15) is 0 Å². The molecule has 0 aliphatic carbocycles. The number of likely N-dealkylation sites (tertiary alicyclic amines) is 1. The van der Waals surface area contributed by atoms with Crippen LogP contribution < -0.4 is 10.6 Å². The van der Waals surface area contributed by atoms with Gasteiger partial charge in [0, 0.05) is 32.6 Å². The van der Waals surface area contributed by atoms with Crippen LogP contribution >= 0.6 is 35.3 Å². The molecule has 0 saturated carbocycles. The number of thiazole rings is 1. The van der Waals surface area contributed by atoms with E-state index in [1.165, 1.54) is 9.71 Å². The van der Waals surface area contributed by atoms with Gasteiger partial charge in [0.1, 0.15) is 6.54 Å². The zero-order valence-electron chi connectivity index (χ0n) is 15.7. The van der Waals surface area contributed by atoms with Gasteiger partial charge in [0.15, 0.2) is 5.96 Å². The molecule has 1 aliphatic heterocycles. The van der Waals surface area contributed by atoms with Crippen molar-refractivity contribution in [1.29, 1.82) is 0 Å². The Hall–Kier alpha value is -1.42. The molecule has 1 aliphatic rings. The Bertz CT molecular complexity index is 724. The van der Waals surface area contributed by atoms with Gasteiger partial charge in [0.25, 0.3) is 0 Å². The van der Waals surface area contributed by atoms with Crippen LogP contribution in [0.25, 0.3) is 10.2 Å². The van der Waals surface area contributed by atoms with Gasteiger partial charge in [-0.1, -0.05) is 12.1 Å². The summed E-state index contributed by atoms with van der Waals surface area (Å²) in [5, 5.41) is 7.69. The van der Waals surface area contributed by atoms with Crippen LogP contribution in [-0.4, -0.2) is 54.5 Å². The van der Waals surface area contributed by atoms with E-state index >= 15 is 0 Å². The average Bonchev–Trinajstić information content (AvgIpc) is 3.32. The number of carbonyl (C=O) groups excluding carboxylic acids is 1. The second-order valence-electron chi connectivity index (χ2n) is 6.39. The van der Waals surface area contributed by atoms with E-state index in [0.717, 1.165) is 57.4 Å². The number of amides is 1. The molecule has 0 radical (unpaired) electrons. The predicted octanol–water partition coefficient (Wildman–Crippen LogP) is 3.02. The maximum Gasteiger partial charge on any atom is 0.244 e. The van der Waals surface area contributed by atoms with Gasteiger partial charge in [-0.3, -0.25) is 4.79 Å². The summed E-state index contributed by atoms with van der Waals surface area (Å²) in [6, 6.07) is 8.24. The molecule has 2 heterocycles. The third kappa shape index (κ3) is 6.60. The molecular weight excluding hydrogens is 473 g/mol. The van der Waals surface area contributed by atoms with E-state index in [9.17, 15) is 4.79 Å². The zero-order valence-corrected chi connectivity index (χ0v) is 18.9. The number of aliphatic imine (C=N–C) groups is 1. The minimum Gasteiger partial charge on any atom is -0.357 e. The highest BCUT2D eigenvalue weighted by Crippen LogP contribution is 2.22. The number of hydrogen-bond acceptors (Lipinski definition) is 4. The third-order valence-electron chi connectivity index (χ3n) is 4.37. The first-order valence-electron chi connectivity index (χ1n) is 9.40. The van der Waals surface area contributed by atoms with Crippen molar-refractivity contribution < 1.29 is 4.79 Å². The molecule has 0 atom stereocenters. The zero-order chi connectivity index (χ0) is 18.2. The lowest BCUT2D eigenvalue weighted by Gasteiger charge is -2.15. The Morgan fingerprint density at radius 2 is 2.04 bits per heavy atom. The van der Waals surface area contributed by atoms with E-state index in [0.29, 0.717) is 5.96 Å². The van der Waals surface area contributed by atoms with Gasteiger partial charge >= 0.3 is 0 Å². The minimum absolute atomic E-state index is 0. The highest BCUT2D eigenvalue weighted by atomic mass is 127. The van der Waals surface area contributed by atoms with Crippen molar-refractivity contribution in [2.75, 3.05) is 32.7 Å². The van der Waals surface area contributed by atoms with Gasteiger partial charge in [0.05, 0.1) is 15.2 Å². The largest absolute Gasteiger partial charge is 0.357 e. The number of rotatable bonds is 7. The molecule has 0 spiro atoms. The number of halogens is 1. The fourth-order valence-electron chi connectivity index (χ4n) is 3.03. The quantitative estimate of drug-likeness (QED) is 0.265. The van der Waals surface area contributed by atoms with Crippen molar-refractivity contribution in [3.05, 3.63) is 29.3 Å². The first kappa shape index (κ1) is 21.9. The van der Waals surface area contributed by atoms with Gasteiger partial charge in [-0.05, 0) is 38.3 Å². The molecule has 27 heavy (non-hydrogen) atoms. The number of carbonyl (C=O) groups is 1. The molecule has 0 unspecified atom stereocenters. The van der Waals surface area contributed by atoms with Crippen LogP contribution in [0.2, 0.25) is 0 Å². The number of aromatic nitrogens is 1. The lowest BCUT2D eigenvalue weighted by molar-refractivity contribution is -0.128. The average molecular weight is 501 g/mol. The van der Waals surface area contributed by atoms with Crippen LogP contribution in [-0.2, 0) is 11.2 Å². The number of hydrogen-bond donors (Lipinski definition) is 2. The Morgan fingerprint density at radius 1 is 1.26 bits per heavy atom. The molecule has 3 rings (SSSR count). The molecular formula is C19H28IN5OS. The lowest BCUT2D eigenvalue weighted by Crippen LogP contribution is -2.39. The molecule has 0 bridgehead atoms. The molecule has 6 nitrogen and oxygen atoms in total. The summed E-state index contributed by atoms with van der Waals surface area (Å²) in [7, 11) is 0. The number of nitrogens with one attached hydrogen (secondary N) is 2. The van der Waals surface area contributed by atoms with Gasteiger partial charge in [-0.25, -0.2) is 9.98 Å². The maximum absolute atomic E-state index is 12.1. The van der Waals surface area contributed by atoms with Crippen LogP contribution in [0.1, 0.15) is 31.2 Å². The fraction of sp³-hybridized carbons (Fsp3) is 0.526. The molecule has 148 valence electrons. The second-order valence-corrected chi connectivity index (χ2v) is 7.50. The molecule has 2 N–H and O–H groups in total. The SMILES string of the molecule is CCNC(=NCC(=O)N1CCCC1)NCCCc1nc2ccccc2s1.I. The van der Waals surface area contributed by atoms with E-state index in [2.05, 4.69) is 38.8 Å².